The zero-order valence-corrected chi connectivity index (χ0v) is 24.3. The van der Waals surface area contributed by atoms with E-state index in [1.54, 1.807) is 24.0 Å². The molecule has 2 aliphatic rings. The molecule has 7 N–H and O–H groups in total. The molecular weight excluding hydrogens is 540 g/mol. The number of rotatable bonds is 11. The van der Waals surface area contributed by atoms with Crippen LogP contribution in [0.5, 0.6) is 0 Å². The van der Waals surface area contributed by atoms with Gasteiger partial charge in [-0.15, -0.1) is 0 Å². The molecule has 42 heavy (non-hydrogen) atoms. The smallest absolute Gasteiger partial charge is 0.276 e. The van der Waals surface area contributed by atoms with Crippen molar-refractivity contribution < 1.29 is 18.4 Å². The number of halogens is 2. The zero-order valence-electron chi connectivity index (χ0n) is 24.3. The van der Waals surface area contributed by atoms with Crippen LogP contribution >= 0.6 is 0 Å². The Morgan fingerprint density at radius 1 is 1.24 bits per heavy atom. The second-order valence-corrected chi connectivity index (χ2v) is 11.1. The van der Waals surface area contributed by atoms with E-state index in [0.29, 0.717) is 36.1 Å². The number of aromatic nitrogens is 2. The summed E-state index contributed by atoms with van der Waals surface area (Å²) in [6.45, 7) is 4.17. The van der Waals surface area contributed by atoms with E-state index in [1.807, 2.05) is 31.2 Å². The standard InChI is InChI=1S/C31H41F2N7O2/c1-3-22(14-21(16-34)18-40-13-12-31(32,33)19-40)23-9-11-27-26(15-23)28(39-38-27)30(42)37-25(17-35)10-8-20(2)29(41)36-24-6-4-5-7-24/h8-11,14-17,20,24H,3-7,12-13,18-19,34-35H2,1-2H3,(H,36,41)(H,37,42)(H,38,39)/b10-8-,21-16+,22-14+,25-17+. The van der Waals surface area contributed by atoms with Gasteiger partial charge in [0.05, 0.1) is 23.7 Å². The van der Waals surface area contributed by atoms with Gasteiger partial charge in [0.25, 0.3) is 11.8 Å². The average Bonchev–Trinajstić information content (AvgIpc) is 3.72. The van der Waals surface area contributed by atoms with Gasteiger partial charge in [-0.2, -0.15) is 5.10 Å². The fourth-order valence-electron chi connectivity index (χ4n) is 5.41. The summed E-state index contributed by atoms with van der Waals surface area (Å²) in [6, 6.07) is 5.86. The normalized spacial score (nSPS) is 19.6. The van der Waals surface area contributed by atoms with Crippen molar-refractivity contribution in [3.63, 3.8) is 0 Å². The zero-order chi connectivity index (χ0) is 30.3. The van der Waals surface area contributed by atoms with Crippen molar-refractivity contribution >= 4 is 28.3 Å². The Balaban J connectivity index is 1.46. The fourth-order valence-corrected chi connectivity index (χ4v) is 5.41. The maximum absolute atomic E-state index is 13.7. The van der Waals surface area contributed by atoms with Crippen LogP contribution in [0.1, 0.15) is 68.4 Å². The van der Waals surface area contributed by atoms with Crippen LogP contribution in [0.25, 0.3) is 16.5 Å². The highest BCUT2D eigenvalue weighted by molar-refractivity contribution is 6.06. The molecule has 1 saturated heterocycles. The number of likely N-dealkylation sites (tertiary alicyclic amines) is 1. The van der Waals surface area contributed by atoms with Crippen molar-refractivity contribution in [1.29, 1.82) is 0 Å². The number of allylic oxidation sites excluding steroid dienone is 2. The summed E-state index contributed by atoms with van der Waals surface area (Å²) < 4.78 is 27.3. The molecule has 4 rings (SSSR count). The van der Waals surface area contributed by atoms with Crippen LogP contribution in [0.4, 0.5) is 8.78 Å². The van der Waals surface area contributed by atoms with E-state index >= 15 is 0 Å². The molecule has 0 radical (unpaired) electrons. The molecule has 226 valence electrons. The number of nitrogens with two attached hydrogens (primary N) is 2. The Kier molecular flexibility index (Phi) is 10.2. The summed E-state index contributed by atoms with van der Waals surface area (Å²) in [7, 11) is 0. The summed E-state index contributed by atoms with van der Waals surface area (Å²) in [5.41, 5.74) is 15.4. The van der Waals surface area contributed by atoms with Crippen LogP contribution in [-0.2, 0) is 4.79 Å². The highest BCUT2D eigenvalue weighted by atomic mass is 19.3. The molecule has 2 amide bonds. The van der Waals surface area contributed by atoms with Crippen LogP contribution in [0.15, 0.2) is 60.1 Å². The molecule has 2 aromatic rings. The molecule has 1 saturated carbocycles. The topological polar surface area (TPSA) is 142 Å². The SMILES string of the molecule is CC/C(=C\C(=C/N)CN1CCC(F)(F)C1)c1ccc2[nH]nc(C(=O)NC(/C=C\C(C)C(=O)NC3CCCC3)=C/N)c2c1. The quantitative estimate of drug-likeness (QED) is 0.250. The van der Waals surface area contributed by atoms with Crippen LogP contribution < -0.4 is 22.1 Å². The second-order valence-electron chi connectivity index (χ2n) is 11.1. The molecule has 1 aliphatic heterocycles. The van der Waals surface area contributed by atoms with E-state index in [4.69, 9.17) is 11.5 Å². The van der Waals surface area contributed by atoms with E-state index in [-0.39, 0.29) is 36.5 Å². The largest absolute Gasteiger partial charge is 0.404 e. The Morgan fingerprint density at radius 3 is 2.64 bits per heavy atom. The van der Waals surface area contributed by atoms with Crippen LogP contribution in [0.3, 0.4) is 0 Å². The number of amides is 2. The molecule has 11 heteroatoms. The van der Waals surface area contributed by atoms with Gasteiger partial charge >= 0.3 is 0 Å². The number of nitrogens with one attached hydrogen (secondary N) is 3. The number of carbonyl (C=O) groups excluding carboxylic acids is 2. The van der Waals surface area contributed by atoms with Crippen molar-refractivity contribution in [3.8, 4) is 0 Å². The van der Waals surface area contributed by atoms with Gasteiger partial charge in [-0.05, 0) is 60.4 Å². The number of H-pyrrole nitrogens is 1. The van der Waals surface area contributed by atoms with Gasteiger partial charge in [0, 0.05) is 37.1 Å². The van der Waals surface area contributed by atoms with E-state index < -0.39 is 11.8 Å². The highest BCUT2D eigenvalue weighted by Crippen LogP contribution is 2.29. The molecule has 1 aromatic carbocycles. The van der Waals surface area contributed by atoms with Crippen LogP contribution in [0.2, 0.25) is 0 Å². The Hall–Kier alpha value is -3.99. The summed E-state index contributed by atoms with van der Waals surface area (Å²) in [5, 5.41) is 13.6. The number of hydrogen-bond acceptors (Lipinski definition) is 6. The van der Waals surface area contributed by atoms with Crippen LogP contribution in [-0.4, -0.2) is 58.5 Å². The minimum Gasteiger partial charge on any atom is -0.404 e. The van der Waals surface area contributed by atoms with Gasteiger partial charge in [-0.3, -0.25) is 19.6 Å². The van der Waals surface area contributed by atoms with E-state index in [9.17, 15) is 18.4 Å². The lowest BCUT2D eigenvalue weighted by molar-refractivity contribution is -0.123. The van der Waals surface area contributed by atoms with Crippen molar-refractivity contribution in [2.24, 2.45) is 17.4 Å². The fraction of sp³-hybridized carbons (Fsp3) is 0.452. The van der Waals surface area contributed by atoms with Crippen molar-refractivity contribution in [2.45, 2.75) is 64.3 Å². The third-order valence-corrected chi connectivity index (χ3v) is 7.88. The Labute approximate surface area is 245 Å². The number of alkyl halides is 2. The second kappa shape index (κ2) is 13.8. The summed E-state index contributed by atoms with van der Waals surface area (Å²) in [5.74, 6) is -3.57. The summed E-state index contributed by atoms with van der Waals surface area (Å²) in [6.07, 6.45) is 12.8. The van der Waals surface area contributed by atoms with Gasteiger partial charge in [-0.25, -0.2) is 8.78 Å². The maximum Gasteiger partial charge on any atom is 0.276 e. The van der Waals surface area contributed by atoms with E-state index in [0.717, 1.165) is 42.4 Å². The van der Waals surface area contributed by atoms with Gasteiger partial charge in [0.2, 0.25) is 5.91 Å². The van der Waals surface area contributed by atoms with E-state index in [2.05, 4.69) is 20.8 Å². The molecule has 1 atom stereocenters. The molecule has 0 spiro atoms. The first-order valence-electron chi connectivity index (χ1n) is 14.5. The number of hydrogen-bond donors (Lipinski definition) is 5. The molecule has 1 unspecified atom stereocenters. The predicted molar refractivity (Wildman–Crippen MR) is 161 cm³/mol. The third kappa shape index (κ3) is 7.84. The lowest BCUT2D eigenvalue weighted by Gasteiger charge is -2.17. The van der Waals surface area contributed by atoms with Gasteiger partial charge in [0.15, 0.2) is 5.69 Å². The first-order valence-corrected chi connectivity index (χ1v) is 14.5. The number of carbonyl (C=O) groups is 2. The molecular formula is C31H41F2N7O2. The number of nitrogens with zero attached hydrogens (tertiary/aromatic N) is 2. The van der Waals surface area contributed by atoms with Crippen molar-refractivity contribution in [3.05, 3.63) is 71.4 Å². The van der Waals surface area contributed by atoms with Gasteiger partial charge < -0.3 is 22.1 Å². The first kappa shape index (κ1) is 31.0. The molecule has 2 fully saturated rings. The lowest BCUT2D eigenvalue weighted by Crippen LogP contribution is -2.35. The Morgan fingerprint density at radius 2 is 2.00 bits per heavy atom. The number of fused-ring (bicyclic) bond motifs is 1. The monoisotopic (exact) mass is 581 g/mol. The minimum atomic E-state index is -2.67. The van der Waals surface area contributed by atoms with Crippen LogP contribution in [0, 0.1) is 5.92 Å². The third-order valence-electron chi connectivity index (χ3n) is 7.88. The first-order chi connectivity index (χ1) is 20.1. The summed E-state index contributed by atoms with van der Waals surface area (Å²) in [4.78, 5) is 27.4. The molecule has 2 heterocycles. The van der Waals surface area contributed by atoms with E-state index in [1.165, 1.54) is 12.4 Å². The summed E-state index contributed by atoms with van der Waals surface area (Å²) >= 11 is 0. The highest BCUT2D eigenvalue weighted by Gasteiger charge is 2.38. The Bertz CT molecular complexity index is 1400. The van der Waals surface area contributed by atoms with Crippen molar-refractivity contribution in [2.75, 3.05) is 19.6 Å². The van der Waals surface area contributed by atoms with Crippen molar-refractivity contribution in [1.82, 2.24) is 25.7 Å². The number of benzene rings is 1. The lowest BCUT2D eigenvalue weighted by atomic mass is 9.98. The molecule has 1 aliphatic carbocycles. The maximum atomic E-state index is 13.7. The molecule has 9 nitrogen and oxygen atoms in total. The van der Waals surface area contributed by atoms with Gasteiger partial charge in [0.1, 0.15) is 0 Å². The average molecular weight is 582 g/mol. The minimum absolute atomic E-state index is 0.0579. The predicted octanol–water partition coefficient (Wildman–Crippen LogP) is 4.32. The molecule has 1 aromatic heterocycles. The molecule has 0 bridgehead atoms. The number of aromatic amines is 1. The van der Waals surface area contributed by atoms with Gasteiger partial charge in [-0.1, -0.05) is 44.9 Å².